The second-order valence-electron chi connectivity index (χ2n) is 6.47. The molecule has 0 radical (unpaired) electrons. The summed E-state index contributed by atoms with van der Waals surface area (Å²) in [6.45, 7) is 6.03. The Morgan fingerprint density at radius 3 is 2.77 bits per heavy atom. The lowest BCUT2D eigenvalue weighted by atomic mass is 10.1. The number of nitrogens with zero attached hydrogens (tertiary/aromatic N) is 2. The molecular formula is C16H31N3O2S. The van der Waals surface area contributed by atoms with Gasteiger partial charge in [0.15, 0.2) is 0 Å². The van der Waals surface area contributed by atoms with Crippen molar-refractivity contribution in [1.82, 2.24) is 9.80 Å². The molecule has 0 aliphatic carbocycles. The summed E-state index contributed by atoms with van der Waals surface area (Å²) in [6.07, 6.45) is 7.52. The molecule has 2 fully saturated rings. The molecule has 2 unspecified atom stereocenters. The van der Waals surface area contributed by atoms with E-state index < -0.39 is 0 Å². The number of piperidine rings is 1. The van der Waals surface area contributed by atoms with Gasteiger partial charge in [-0.3, -0.25) is 4.79 Å². The van der Waals surface area contributed by atoms with Crippen molar-refractivity contribution in [3.8, 4) is 0 Å². The molecular weight excluding hydrogens is 298 g/mol. The van der Waals surface area contributed by atoms with Crippen molar-refractivity contribution in [3.63, 3.8) is 0 Å². The van der Waals surface area contributed by atoms with E-state index in [1.54, 1.807) is 0 Å². The molecule has 6 heteroatoms. The topological polar surface area (TPSA) is 58.8 Å². The molecule has 5 nitrogen and oxygen atoms in total. The molecule has 2 aliphatic rings. The number of carbonyl (C=O) groups is 1. The minimum Gasteiger partial charge on any atom is -0.376 e. The number of ether oxygens (including phenoxy) is 1. The third kappa shape index (κ3) is 5.72. The number of amides is 1. The molecule has 0 aromatic carbocycles. The first-order chi connectivity index (χ1) is 10.7. The van der Waals surface area contributed by atoms with Crippen LogP contribution in [0.15, 0.2) is 0 Å². The van der Waals surface area contributed by atoms with Crippen LogP contribution in [-0.2, 0) is 9.53 Å². The molecule has 2 aliphatic heterocycles. The van der Waals surface area contributed by atoms with E-state index in [1.165, 1.54) is 32.4 Å². The van der Waals surface area contributed by atoms with Gasteiger partial charge in [0.05, 0.1) is 19.3 Å². The number of rotatable bonds is 8. The van der Waals surface area contributed by atoms with Gasteiger partial charge in [-0.1, -0.05) is 6.42 Å². The highest BCUT2D eigenvalue weighted by molar-refractivity contribution is 7.98. The van der Waals surface area contributed by atoms with Gasteiger partial charge in [-0.05, 0) is 38.6 Å². The Morgan fingerprint density at radius 1 is 1.32 bits per heavy atom. The van der Waals surface area contributed by atoms with Gasteiger partial charge in [0.1, 0.15) is 0 Å². The second-order valence-corrected chi connectivity index (χ2v) is 7.38. The van der Waals surface area contributed by atoms with Crippen molar-refractivity contribution in [2.75, 3.05) is 57.9 Å². The van der Waals surface area contributed by atoms with E-state index in [0.29, 0.717) is 12.0 Å². The first-order valence-corrected chi connectivity index (χ1v) is 9.93. The molecule has 1 amide bonds. The van der Waals surface area contributed by atoms with Crippen LogP contribution >= 0.6 is 11.8 Å². The lowest BCUT2D eigenvalue weighted by Gasteiger charge is -2.30. The molecule has 2 saturated heterocycles. The third-order valence-electron chi connectivity index (χ3n) is 4.64. The van der Waals surface area contributed by atoms with Crippen molar-refractivity contribution in [2.24, 2.45) is 11.7 Å². The number of thioether (sulfide) groups is 1. The molecule has 0 bridgehead atoms. The Hall–Kier alpha value is -0.300. The van der Waals surface area contributed by atoms with E-state index in [9.17, 15) is 4.79 Å². The molecule has 0 saturated carbocycles. The molecule has 0 aromatic heterocycles. The molecule has 0 aromatic rings. The van der Waals surface area contributed by atoms with Gasteiger partial charge in [-0.25, -0.2) is 0 Å². The summed E-state index contributed by atoms with van der Waals surface area (Å²) in [7, 11) is 0. The molecule has 2 rings (SSSR count). The quantitative estimate of drug-likeness (QED) is 0.721. The highest BCUT2D eigenvalue weighted by Gasteiger charge is 2.26. The van der Waals surface area contributed by atoms with Crippen LogP contribution in [0.4, 0.5) is 0 Å². The highest BCUT2D eigenvalue weighted by atomic mass is 32.2. The molecule has 2 N–H and O–H groups in total. The van der Waals surface area contributed by atoms with Crippen LogP contribution in [0.25, 0.3) is 0 Å². The van der Waals surface area contributed by atoms with Crippen molar-refractivity contribution in [3.05, 3.63) is 0 Å². The van der Waals surface area contributed by atoms with Crippen molar-refractivity contribution in [2.45, 2.75) is 31.8 Å². The average molecular weight is 330 g/mol. The smallest absolute Gasteiger partial charge is 0.236 e. The Balaban J connectivity index is 1.71. The van der Waals surface area contributed by atoms with Gasteiger partial charge < -0.3 is 20.3 Å². The monoisotopic (exact) mass is 329 g/mol. The standard InChI is InChI=1S/C16H31N3O2S/c1-22-13-15(11-18-6-3-2-4-7-18)21-12-14-5-8-19(10-14)16(20)9-17/h14-15H,2-13,17H2,1H3. The van der Waals surface area contributed by atoms with Crippen LogP contribution < -0.4 is 5.73 Å². The minimum absolute atomic E-state index is 0.0662. The average Bonchev–Trinajstić information content (AvgIpc) is 3.02. The van der Waals surface area contributed by atoms with Crippen LogP contribution in [-0.4, -0.2) is 79.7 Å². The summed E-state index contributed by atoms with van der Waals surface area (Å²) in [6, 6.07) is 0. The maximum Gasteiger partial charge on any atom is 0.236 e. The molecule has 2 atom stereocenters. The van der Waals surface area contributed by atoms with Gasteiger partial charge in [0, 0.05) is 31.3 Å². The van der Waals surface area contributed by atoms with Gasteiger partial charge >= 0.3 is 0 Å². The SMILES string of the molecule is CSCC(CN1CCCCC1)OCC1CCN(C(=O)CN)C1. The van der Waals surface area contributed by atoms with E-state index in [4.69, 9.17) is 10.5 Å². The molecule has 0 spiro atoms. The summed E-state index contributed by atoms with van der Waals surface area (Å²) < 4.78 is 6.20. The Morgan fingerprint density at radius 2 is 2.09 bits per heavy atom. The number of likely N-dealkylation sites (tertiary alicyclic amines) is 2. The minimum atomic E-state index is 0.0662. The predicted octanol–water partition coefficient (Wildman–Crippen LogP) is 1.03. The molecule has 2 heterocycles. The number of nitrogens with two attached hydrogens (primary N) is 1. The maximum absolute atomic E-state index is 11.6. The Kier molecular flexibility index (Phi) is 8.00. The molecule has 128 valence electrons. The van der Waals surface area contributed by atoms with Crippen LogP contribution in [0.3, 0.4) is 0 Å². The summed E-state index contributed by atoms with van der Waals surface area (Å²) >= 11 is 1.86. The first-order valence-electron chi connectivity index (χ1n) is 8.53. The van der Waals surface area contributed by atoms with Crippen molar-refractivity contribution >= 4 is 17.7 Å². The third-order valence-corrected chi connectivity index (χ3v) is 5.35. The van der Waals surface area contributed by atoms with Crippen LogP contribution in [0.1, 0.15) is 25.7 Å². The summed E-state index contributed by atoms with van der Waals surface area (Å²) in [5, 5.41) is 0. The molecule has 22 heavy (non-hydrogen) atoms. The number of carbonyl (C=O) groups excluding carboxylic acids is 1. The number of hydrogen-bond donors (Lipinski definition) is 1. The van der Waals surface area contributed by atoms with Gasteiger partial charge in [-0.15, -0.1) is 0 Å². The lowest BCUT2D eigenvalue weighted by Crippen LogP contribution is -2.39. The zero-order chi connectivity index (χ0) is 15.8. The van der Waals surface area contributed by atoms with E-state index in [-0.39, 0.29) is 12.5 Å². The predicted molar refractivity (Wildman–Crippen MR) is 92.2 cm³/mol. The largest absolute Gasteiger partial charge is 0.376 e. The highest BCUT2D eigenvalue weighted by Crippen LogP contribution is 2.18. The van der Waals surface area contributed by atoms with Gasteiger partial charge in [0.2, 0.25) is 5.91 Å². The zero-order valence-corrected chi connectivity index (χ0v) is 14.7. The first kappa shape index (κ1) is 18.0. The van der Waals surface area contributed by atoms with Crippen LogP contribution in [0.2, 0.25) is 0 Å². The number of hydrogen-bond acceptors (Lipinski definition) is 5. The van der Waals surface area contributed by atoms with Gasteiger partial charge in [-0.2, -0.15) is 11.8 Å². The maximum atomic E-state index is 11.6. The van der Waals surface area contributed by atoms with Gasteiger partial charge in [0.25, 0.3) is 0 Å². The van der Waals surface area contributed by atoms with E-state index in [0.717, 1.165) is 38.4 Å². The Bertz CT molecular complexity index is 337. The summed E-state index contributed by atoms with van der Waals surface area (Å²) in [5.41, 5.74) is 5.43. The van der Waals surface area contributed by atoms with E-state index in [2.05, 4.69) is 11.2 Å². The second kappa shape index (κ2) is 9.75. The van der Waals surface area contributed by atoms with Crippen LogP contribution in [0, 0.1) is 5.92 Å². The summed E-state index contributed by atoms with van der Waals surface area (Å²) in [4.78, 5) is 16.0. The van der Waals surface area contributed by atoms with E-state index in [1.807, 2.05) is 16.7 Å². The lowest BCUT2D eigenvalue weighted by molar-refractivity contribution is -0.128. The fourth-order valence-corrected chi connectivity index (χ4v) is 3.94. The zero-order valence-electron chi connectivity index (χ0n) is 13.8. The fraction of sp³-hybridized carbons (Fsp3) is 0.938. The summed E-state index contributed by atoms with van der Waals surface area (Å²) in [5.74, 6) is 1.59. The van der Waals surface area contributed by atoms with Crippen molar-refractivity contribution < 1.29 is 9.53 Å². The normalized spacial score (nSPS) is 24.6. The fourth-order valence-electron chi connectivity index (χ4n) is 3.37. The Labute approximate surface area is 138 Å². The van der Waals surface area contributed by atoms with E-state index >= 15 is 0 Å². The van der Waals surface area contributed by atoms with Crippen molar-refractivity contribution in [1.29, 1.82) is 0 Å². The van der Waals surface area contributed by atoms with Crippen LogP contribution in [0.5, 0.6) is 0 Å².